The lowest BCUT2D eigenvalue weighted by Crippen LogP contribution is -2.15. The molecule has 0 saturated heterocycles. The lowest BCUT2D eigenvalue weighted by Gasteiger charge is -2.15. The van der Waals surface area contributed by atoms with Gasteiger partial charge in [0.15, 0.2) is 5.78 Å². The molecular weight excluding hydrogens is 377 g/mol. The topological polar surface area (TPSA) is 54.0 Å². The van der Waals surface area contributed by atoms with Crippen LogP contribution in [0.25, 0.3) is 0 Å². The van der Waals surface area contributed by atoms with E-state index in [-0.39, 0.29) is 32.4 Å². The molecule has 0 bridgehead atoms. The van der Waals surface area contributed by atoms with Gasteiger partial charge in [-0.15, -0.1) is 0 Å². The highest BCUT2D eigenvalue weighted by atomic mass is 19.4. The first-order valence-corrected chi connectivity index (χ1v) is 8.34. The van der Waals surface area contributed by atoms with E-state index in [0.717, 1.165) is 6.07 Å². The van der Waals surface area contributed by atoms with Crippen molar-refractivity contribution >= 4 is 5.78 Å². The summed E-state index contributed by atoms with van der Waals surface area (Å²) in [6.07, 6.45) is -4.64. The molecule has 2 aromatic rings. The summed E-state index contributed by atoms with van der Waals surface area (Å²) >= 11 is 0. The summed E-state index contributed by atoms with van der Waals surface area (Å²) in [6.45, 7) is 0.209. The fourth-order valence-electron chi connectivity index (χ4n) is 2.60. The SMILES string of the molecule is COCOCc1ccc(COCOC)c(C(=O)c2ccccc2C(F)(F)F)c1. The van der Waals surface area contributed by atoms with Gasteiger partial charge in [-0.05, 0) is 23.3 Å². The minimum Gasteiger partial charge on any atom is -0.359 e. The van der Waals surface area contributed by atoms with Crippen molar-refractivity contribution in [3.8, 4) is 0 Å². The van der Waals surface area contributed by atoms with Crippen LogP contribution in [0.15, 0.2) is 42.5 Å². The van der Waals surface area contributed by atoms with Crippen molar-refractivity contribution < 1.29 is 36.9 Å². The van der Waals surface area contributed by atoms with E-state index in [4.69, 9.17) is 18.9 Å². The molecule has 0 atom stereocenters. The van der Waals surface area contributed by atoms with Crippen molar-refractivity contribution in [2.75, 3.05) is 27.8 Å². The lowest BCUT2D eigenvalue weighted by molar-refractivity contribution is -0.137. The van der Waals surface area contributed by atoms with Crippen molar-refractivity contribution in [1.29, 1.82) is 0 Å². The quantitative estimate of drug-likeness (QED) is 0.342. The van der Waals surface area contributed by atoms with Crippen LogP contribution in [0.1, 0.15) is 32.6 Å². The number of hydrogen-bond acceptors (Lipinski definition) is 5. The van der Waals surface area contributed by atoms with E-state index in [1.54, 1.807) is 12.1 Å². The highest BCUT2D eigenvalue weighted by Crippen LogP contribution is 2.33. The van der Waals surface area contributed by atoms with E-state index in [1.165, 1.54) is 38.5 Å². The van der Waals surface area contributed by atoms with Crippen LogP contribution in [0.5, 0.6) is 0 Å². The molecule has 2 aromatic carbocycles. The van der Waals surface area contributed by atoms with Gasteiger partial charge in [-0.3, -0.25) is 4.79 Å². The fourth-order valence-corrected chi connectivity index (χ4v) is 2.60. The van der Waals surface area contributed by atoms with Gasteiger partial charge in [0.25, 0.3) is 0 Å². The number of alkyl halides is 3. The Morgan fingerprint density at radius 3 is 2.18 bits per heavy atom. The second-order valence-electron chi connectivity index (χ2n) is 5.87. The van der Waals surface area contributed by atoms with Gasteiger partial charge in [-0.25, -0.2) is 0 Å². The van der Waals surface area contributed by atoms with Crippen LogP contribution in [0.2, 0.25) is 0 Å². The Morgan fingerprint density at radius 2 is 1.54 bits per heavy atom. The lowest BCUT2D eigenvalue weighted by atomic mass is 9.93. The molecule has 0 aromatic heterocycles. The fraction of sp³-hybridized carbons (Fsp3) is 0.350. The normalized spacial score (nSPS) is 11.6. The molecule has 0 N–H and O–H groups in total. The zero-order valence-corrected chi connectivity index (χ0v) is 15.5. The van der Waals surface area contributed by atoms with Crippen LogP contribution < -0.4 is 0 Å². The third-order valence-electron chi connectivity index (χ3n) is 3.82. The van der Waals surface area contributed by atoms with E-state index in [1.807, 2.05) is 0 Å². The molecule has 152 valence electrons. The highest BCUT2D eigenvalue weighted by molar-refractivity contribution is 6.11. The zero-order chi connectivity index (χ0) is 20.6. The molecule has 28 heavy (non-hydrogen) atoms. The van der Waals surface area contributed by atoms with Gasteiger partial charge in [0, 0.05) is 25.3 Å². The predicted molar refractivity (Wildman–Crippen MR) is 94.6 cm³/mol. The van der Waals surface area contributed by atoms with Crippen LogP contribution in [-0.2, 0) is 38.3 Å². The summed E-state index contributed by atoms with van der Waals surface area (Å²) in [5, 5.41) is 0. The number of benzene rings is 2. The smallest absolute Gasteiger partial charge is 0.359 e. The summed E-state index contributed by atoms with van der Waals surface area (Å²) in [7, 11) is 2.92. The number of ketones is 1. The molecule has 0 unspecified atom stereocenters. The molecule has 0 spiro atoms. The molecule has 5 nitrogen and oxygen atoms in total. The summed E-state index contributed by atoms with van der Waals surface area (Å²) in [5.41, 5.74) is -0.205. The van der Waals surface area contributed by atoms with Gasteiger partial charge in [0.1, 0.15) is 13.6 Å². The summed E-state index contributed by atoms with van der Waals surface area (Å²) in [5.74, 6) is -0.738. The van der Waals surface area contributed by atoms with Gasteiger partial charge in [0.2, 0.25) is 0 Å². The van der Waals surface area contributed by atoms with Gasteiger partial charge >= 0.3 is 6.18 Å². The van der Waals surface area contributed by atoms with Gasteiger partial charge in [-0.2, -0.15) is 13.2 Å². The summed E-state index contributed by atoms with van der Waals surface area (Å²) < 4.78 is 60.2. The molecule has 0 amide bonds. The molecule has 8 heteroatoms. The molecule has 0 heterocycles. The highest BCUT2D eigenvalue weighted by Gasteiger charge is 2.35. The number of rotatable bonds is 10. The van der Waals surface area contributed by atoms with Gasteiger partial charge < -0.3 is 18.9 Å². The van der Waals surface area contributed by atoms with Crippen LogP contribution in [0.3, 0.4) is 0 Å². The molecular formula is C20H21F3O5. The van der Waals surface area contributed by atoms with Crippen molar-refractivity contribution in [1.82, 2.24) is 0 Å². The largest absolute Gasteiger partial charge is 0.417 e. The first-order valence-electron chi connectivity index (χ1n) is 8.34. The molecule has 0 fully saturated rings. The van der Waals surface area contributed by atoms with E-state index >= 15 is 0 Å². The number of halogens is 3. The molecule has 0 aliphatic carbocycles. The second kappa shape index (κ2) is 10.3. The number of ether oxygens (including phenoxy) is 4. The van der Waals surface area contributed by atoms with Crippen LogP contribution >= 0.6 is 0 Å². The third kappa shape index (κ3) is 5.87. The summed E-state index contributed by atoms with van der Waals surface area (Å²) in [4.78, 5) is 13.0. The summed E-state index contributed by atoms with van der Waals surface area (Å²) in [6, 6.07) is 9.56. The van der Waals surface area contributed by atoms with Crippen LogP contribution in [0, 0.1) is 0 Å². The van der Waals surface area contributed by atoms with E-state index in [9.17, 15) is 18.0 Å². The van der Waals surface area contributed by atoms with Gasteiger partial charge in [-0.1, -0.05) is 30.3 Å². The predicted octanol–water partition coefficient (Wildman–Crippen LogP) is 4.18. The van der Waals surface area contributed by atoms with Gasteiger partial charge in [0.05, 0.1) is 18.8 Å². The standard InChI is InChI=1S/C20H21F3O5/c1-25-12-27-10-14-7-8-15(11-28-13-26-2)17(9-14)19(24)16-5-3-4-6-18(16)20(21,22)23/h3-9H,10-13H2,1-2H3. The van der Waals surface area contributed by atoms with Crippen molar-refractivity contribution in [3.63, 3.8) is 0 Å². The average Bonchev–Trinajstić information content (AvgIpc) is 2.68. The molecule has 0 saturated carbocycles. The second-order valence-corrected chi connectivity index (χ2v) is 5.87. The van der Waals surface area contributed by atoms with E-state index < -0.39 is 23.1 Å². The number of hydrogen-bond donors (Lipinski definition) is 0. The molecule has 0 aliphatic heterocycles. The van der Waals surface area contributed by atoms with Crippen molar-refractivity contribution in [3.05, 3.63) is 70.3 Å². The number of carbonyl (C=O) groups excluding carboxylic acids is 1. The molecule has 0 radical (unpaired) electrons. The third-order valence-corrected chi connectivity index (χ3v) is 3.82. The van der Waals surface area contributed by atoms with Crippen LogP contribution in [0.4, 0.5) is 13.2 Å². The number of carbonyl (C=O) groups is 1. The molecule has 0 aliphatic rings. The Morgan fingerprint density at radius 1 is 0.893 bits per heavy atom. The van der Waals surface area contributed by atoms with Crippen LogP contribution in [-0.4, -0.2) is 33.6 Å². The zero-order valence-electron chi connectivity index (χ0n) is 15.5. The van der Waals surface area contributed by atoms with E-state index in [0.29, 0.717) is 11.1 Å². The average molecular weight is 398 g/mol. The maximum absolute atomic E-state index is 13.3. The first kappa shape index (κ1) is 22.0. The minimum atomic E-state index is -4.64. The Bertz CT molecular complexity index is 790. The number of methoxy groups -OCH3 is 2. The Labute approximate surface area is 161 Å². The first-order chi connectivity index (χ1) is 13.4. The Balaban J connectivity index is 2.42. The molecule has 2 rings (SSSR count). The minimum absolute atomic E-state index is 0.00846. The monoisotopic (exact) mass is 398 g/mol. The van der Waals surface area contributed by atoms with Crippen molar-refractivity contribution in [2.24, 2.45) is 0 Å². The van der Waals surface area contributed by atoms with E-state index in [2.05, 4.69) is 0 Å². The van der Waals surface area contributed by atoms with Crippen molar-refractivity contribution in [2.45, 2.75) is 19.4 Å². The maximum Gasteiger partial charge on any atom is 0.417 e. The Hall–Kier alpha value is -2.26. The maximum atomic E-state index is 13.3. The Kier molecular flexibility index (Phi) is 8.13.